The molecule has 0 aromatic heterocycles. The van der Waals surface area contributed by atoms with Crippen molar-refractivity contribution in [2.45, 2.75) is 77.4 Å². The van der Waals surface area contributed by atoms with E-state index >= 15 is 0 Å². The Bertz CT molecular complexity index is 231. The van der Waals surface area contributed by atoms with Crippen molar-refractivity contribution in [3.8, 4) is 0 Å². The topological polar surface area (TPSA) is 23.5 Å². The van der Waals surface area contributed by atoms with Crippen LogP contribution in [0, 0.1) is 5.41 Å². The van der Waals surface area contributed by atoms with Gasteiger partial charge in [0, 0.05) is 6.04 Å². The quantitative estimate of drug-likeness (QED) is 0.759. The number of aliphatic hydroxyl groups excluding tert-OH is 1. The first-order valence-corrected chi connectivity index (χ1v) is 7.52. The Morgan fingerprint density at radius 1 is 1.00 bits per heavy atom. The number of hydrogen-bond acceptors (Lipinski definition) is 2. The van der Waals surface area contributed by atoms with Gasteiger partial charge in [0.25, 0.3) is 0 Å². The summed E-state index contributed by atoms with van der Waals surface area (Å²) in [5, 5.41) is 9.94. The number of hydrogen-bond donors (Lipinski definition) is 1. The SMILES string of the molecule is CC1(C)CCC(O)CC1N1CCCCCCC1. The summed E-state index contributed by atoms with van der Waals surface area (Å²) in [6, 6.07) is 0.601. The second-order valence-electron chi connectivity index (χ2n) is 6.74. The molecule has 0 spiro atoms. The first-order chi connectivity index (χ1) is 8.09. The van der Waals surface area contributed by atoms with Gasteiger partial charge < -0.3 is 5.11 Å². The lowest BCUT2D eigenvalue weighted by Crippen LogP contribution is -2.51. The van der Waals surface area contributed by atoms with Crippen LogP contribution in [-0.2, 0) is 0 Å². The molecule has 2 nitrogen and oxygen atoms in total. The maximum atomic E-state index is 9.94. The van der Waals surface area contributed by atoms with Crippen molar-refractivity contribution in [3.63, 3.8) is 0 Å². The summed E-state index contributed by atoms with van der Waals surface area (Å²) >= 11 is 0. The largest absolute Gasteiger partial charge is 0.393 e. The predicted molar refractivity (Wildman–Crippen MR) is 72.1 cm³/mol. The molecule has 0 aromatic carbocycles. The smallest absolute Gasteiger partial charge is 0.0555 e. The molecule has 0 amide bonds. The molecule has 100 valence electrons. The Labute approximate surface area is 106 Å². The molecule has 0 aromatic rings. The van der Waals surface area contributed by atoms with E-state index in [9.17, 15) is 5.11 Å². The van der Waals surface area contributed by atoms with Crippen molar-refractivity contribution in [2.75, 3.05) is 13.1 Å². The third-order valence-electron chi connectivity index (χ3n) is 4.85. The number of likely N-dealkylation sites (tertiary alicyclic amines) is 1. The van der Waals surface area contributed by atoms with E-state index in [-0.39, 0.29) is 6.10 Å². The van der Waals surface area contributed by atoms with Crippen LogP contribution in [0.1, 0.15) is 65.2 Å². The molecule has 17 heavy (non-hydrogen) atoms. The monoisotopic (exact) mass is 239 g/mol. The molecule has 2 atom stereocenters. The molecule has 2 aliphatic rings. The van der Waals surface area contributed by atoms with Crippen LogP contribution >= 0.6 is 0 Å². The standard InChI is InChI=1S/C15H29NO/c1-15(2)9-8-13(17)12-14(15)16-10-6-4-3-5-7-11-16/h13-14,17H,3-12H2,1-2H3. The van der Waals surface area contributed by atoms with E-state index in [0.29, 0.717) is 11.5 Å². The predicted octanol–water partition coefficient (Wildman–Crippen LogP) is 3.19. The second kappa shape index (κ2) is 5.71. The summed E-state index contributed by atoms with van der Waals surface area (Å²) < 4.78 is 0. The zero-order valence-corrected chi connectivity index (χ0v) is 11.6. The van der Waals surface area contributed by atoms with Gasteiger partial charge in [-0.15, -0.1) is 0 Å². The Kier molecular flexibility index (Phi) is 4.48. The summed E-state index contributed by atoms with van der Waals surface area (Å²) in [6.07, 6.45) is 10.0. The average molecular weight is 239 g/mol. The van der Waals surface area contributed by atoms with Crippen LogP contribution in [0.3, 0.4) is 0 Å². The van der Waals surface area contributed by atoms with Crippen molar-refractivity contribution in [2.24, 2.45) is 5.41 Å². The molecule has 2 rings (SSSR count). The Morgan fingerprint density at radius 3 is 2.24 bits per heavy atom. The van der Waals surface area contributed by atoms with Gasteiger partial charge in [-0.3, -0.25) is 4.90 Å². The second-order valence-corrected chi connectivity index (χ2v) is 6.74. The van der Waals surface area contributed by atoms with Gasteiger partial charge in [-0.25, -0.2) is 0 Å². The maximum absolute atomic E-state index is 9.94. The van der Waals surface area contributed by atoms with Crippen molar-refractivity contribution < 1.29 is 5.11 Å². The molecule has 1 aliphatic heterocycles. The fourth-order valence-electron chi connectivity index (χ4n) is 3.63. The van der Waals surface area contributed by atoms with E-state index in [0.717, 1.165) is 12.8 Å². The molecule has 2 fully saturated rings. The lowest BCUT2D eigenvalue weighted by molar-refractivity contribution is -0.0142. The van der Waals surface area contributed by atoms with Gasteiger partial charge >= 0.3 is 0 Å². The summed E-state index contributed by atoms with van der Waals surface area (Å²) in [5.74, 6) is 0. The summed E-state index contributed by atoms with van der Waals surface area (Å²) in [4.78, 5) is 2.68. The highest BCUT2D eigenvalue weighted by molar-refractivity contribution is 4.92. The minimum atomic E-state index is -0.0570. The minimum Gasteiger partial charge on any atom is -0.393 e. The fraction of sp³-hybridized carbons (Fsp3) is 1.00. The molecular formula is C15H29NO. The van der Waals surface area contributed by atoms with E-state index in [1.807, 2.05) is 0 Å². The molecule has 1 saturated carbocycles. The molecule has 1 aliphatic carbocycles. The molecule has 2 unspecified atom stereocenters. The third-order valence-corrected chi connectivity index (χ3v) is 4.85. The normalized spacial score (nSPS) is 36.2. The highest BCUT2D eigenvalue weighted by atomic mass is 16.3. The van der Waals surface area contributed by atoms with Crippen LogP contribution < -0.4 is 0 Å². The number of rotatable bonds is 1. The zero-order chi connectivity index (χ0) is 12.3. The van der Waals surface area contributed by atoms with Crippen LogP contribution in [0.15, 0.2) is 0 Å². The first-order valence-electron chi connectivity index (χ1n) is 7.52. The first kappa shape index (κ1) is 13.4. The van der Waals surface area contributed by atoms with Crippen LogP contribution in [0.2, 0.25) is 0 Å². The maximum Gasteiger partial charge on any atom is 0.0555 e. The zero-order valence-electron chi connectivity index (χ0n) is 11.6. The Hall–Kier alpha value is -0.0800. The van der Waals surface area contributed by atoms with Crippen LogP contribution in [0.4, 0.5) is 0 Å². The van der Waals surface area contributed by atoms with Crippen molar-refractivity contribution >= 4 is 0 Å². The lowest BCUT2D eigenvalue weighted by atomic mass is 9.71. The molecular weight excluding hydrogens is 210 g/mol. The van der Waals surface area contributed by atoms with Gasteiger partial charge in [-0.1, -0.05) is 33.1 Å². The molecule has 1 N–H and O–H groups in total. The van der Waals surface area contributed by atoms with Gasteiger partial charge in [0.2, 0.25) is 0 Å². The highest BCUT2D eigenvalue weighted by Gasteiger charge is 2.38. The van der Waals surface area contributed by atoms with Crippen LogP contribution in [0.25, 0.3) is 0 Å². The Morgan fingerprint density at radius 2 is 1.59 bits per heavy atom. The van der Waals surface area contributed by atoms with Gasteiger partial charge in [-0.2, -0.15) is 0 Å². The van der Waals surface area contributed by atoms with Crippen molar-refractivity contribution in [1.82, 2.24) is 4.90 Å². The highest BCUT2D eigenvalue weighted by Crippen LogP contribution is 2.39. The van der Waals surface area contributed by atoms with Gasteiger partial charge in [0.05, 0.1) is 6.10 Å². The fourth-order valence-corrected chi connectivity index (χ4v) is 3.63. The van der Waals surface area contributed by atoms with E-state index in [2.05, 4.69) is 18.7 Å². The molecule has 2 heteroatoms. The summed E-state index contributed by atoms with van der Waals surface area (Å²) in [7, 11) is 0. The van der Waals surface area contributed by atoms with E-state index in [1.165, 1.54) is 51.6 Å². The van der Waals surface area contributed by atoms with Gasteiger partial charge in [-0.05, 0) is 50.6 Å². The minimum absolute atomic E-state index is 0.0570. The van der Waals surface area contributed by atoms with E-state index < -0.39 is 0 Å². The summed E-state index contributed by atoms with van der Waals surface area (Å²) in [5.41, 5.74) is 0.387. The van der Waals surface area contributed by atoms with E-state index in [1.54, 1.807) is 0 Å². The van der Waals surface area contributed by atoms with Crippen molar-refractivity contribution in [3.05, 3.63) is 0 Å². The number of nitrogens with zero attached hydrogens (tertiary/aromatic N) is 1. The summed E-state index contributed by atoms with van der Waals surface area (Å²) in [6.45, 7) is 7.28. The number of aliphatic hydroxyl groups is 1. The van der Waals surface area contributed by atoms with Gasteiger partial charge in [0.1, 0.15) is 0 Å². The molecule has 1 heterocycles. The lowest BCUT2D eigenvalue weighted by Gasteiger charge is -2.47. The van der Waals surface area contributed by atoms with E-state index in [4.69, 9.17) is 0 Å². The van der Waals surface area contributed by atoms with Crippen molar-refractivity contribution in [1.29, 1.82) is 0 Å². The van der Waals surface area contributed by atoms with Crippen LogP contribution in [0.5, 0.6) is 0 Å². The Balaban J connectivity index is 2.00. The van der Waals surface area contributed by atoms with Gasteiger partial charge in [0.15, 0.2) is 0 Å². The average Bonchev–Trinajstić information content (AvgIpc) is 2.22. The molecule has 1 saturated heterocycles. The van der Waals surface area contributed by atoms with Crippen LogP contribution in [-0.4, -0.2) is 35.2 Å². The third kappa shape index (κ3) is 3.45. The molecule has 0 radical (unpaired) electrons. The molecule has 0 bridgehead atoms.